The summed E-state index contributed by atoms with van der Waals surface area (Å²) in [4.78, 5) is 2.38. The topological polar surface area (TPSA) is 33.7 Å². The van der Waals surface area contributed by atoms with Crippen LogP contribution in [0.15, 0.2) is 0 Å². The van der Waals surface area contributed by atoms with E-state index in [0.717, 1.165) is 32.8 Å². The van der Waals surface area contributed by atoms with Gasteiger partial charge in [-0.05, 0) is 13.0 Å². The molecule has 4 nitrogen and oxygen atoms in total. The van der Waals surface area contributed by atoms with E-state index in [9.17, 15) is 0 Å². The van der Waals surface area contributed by atoms with Gasteiger partial charge in [0.05, 0.1) is 13.2 Å². The number of nitrogens with one attached hydrogen (secondary N) is 1. The van der Waals surface area contributed by atoms with Crippen LogP contribution < -0.4 is 5.32 Å². The first-order chi connectivity index (χ1) is 7.65. The molecule has 1 atom stereocenters. The van der Waals surface area contributed by atoms with Gasteiger partial charge >= 0.3 is 0 Å². The zero-order chi connectivity index (χ0) is 12.4. The van der Waals surface area contributed by atoms with Crippen LogP contribution in [0, 0.1) is 5.92 Å². The fraction of sp³-hybridized carbons (Fsp3) is 1.00. The summed E-state index contributed by atoms with van der Waals surface area (Å²) < 4.78 is 10.3. The lowest BCUT2D eigenvalue weighted by Crippen LogP contribution is -2.44. The predicted octanol–water partition coefficient (Wildman–Crippen LogP) is 0.825. The van der Waals surface area contributed by atoms with Crippen LogP contribution in [-0.2, 0) is 9.47 Å². The lowest BCUT2D eigenvalue weighted by atomic mass is 10.0. The van der Waals surface area contributed by atoms with Gasteiger partial charge in [-0.1, -0.05) is 13.8 Å². The lowest BCUT2D eigenvalue weighted by Gasteiger charge is -2.29. The number of rotatable bonds is 10. The normalized spacial score (nSPS) is 13.7. The molecule has 0 aliphatic carbocycles. The number of hydrogen-bond acceptors (Lipinski definition) is 4. The SMILES string of the molecule is CNC(CN(CCOC)CCOC)C(C)C. The minimum atomic E-state index is 0.522. The van der Waals surface area contributed by atoms with Crippen LogP contribution in [0.2, 0.25) is 0 Å². The second-order valence-electron chi connectivity index (χ2n) is 4.43. The first kappa shape index (κ1) is 15.8. The van der Waals surface area contributed by atoms with E-state index in [0.29, 0.717) is 12.0 Å². The summed E-state index contributed by atoms with van der Waals surface area (Å²) >= 11 is 0. The van der Waals surface area contributed by atoms with Gasteiger partial charge in [-0.3, -0.25) is 4.90 Å². The molecule has 0 fully saturated rings. The largest absolute Gasteiger partial charge is 0.383 e. The van der Waals surface area contributed by atoms with Crippen molar-refractivity contribution in [1.29, 1.82) is 0 Å². The molecule has 0 aliphatic heterocycles. The van der Waals surface area contributed by atoms with Crippen molar-refractivity contribution in [1.82, 2.24) is 10.2 Å². The molecule has 0 aromatic heterocycles. The van der Waals surface area contributed by atoms with Crippen LogP contribution in [0.25, 0.3) is 0 Å². The number of ether oxygens (including phenoxy) is 2. The Kier molecular flexibility index (Phi) is 9.92. The Morgan fingerprint density at radius 2 is 1.56 bits per heavy atom. The standard InChI is InChI=1S/C12H28N2O2/c1-11(2)12(13-3)10-14(6-8-15-4)7-9-16-5/h11-13H,6-10H2,1-5H3. The van der Waals surface area contributed by atoms with E-state index >= 15 is 0 Å². The van der Waals surface area contributed by atoms with Crippen molar-refractivity contribution >= 4 is 0 Å². The number of methoxy groups -OCH3 is 2. The molecule has 0 radical (unpaired) electrons. The van der Waals surface area contributed by atoms with Crippen molar-refractivity contribution in [2.45, 2.75) is 19.9 Å². The van der Waals surface area contributed by atoms with Crippen LogP contribution in [-0.4, -0.2) is 65.1 Å². The fourth-order valence-electron chi connectivity index (χ4n) is 1.65. The Morgan fingerprint density at radius 1 is 1.06 bits per heavy atom. The van der Waals surface area contributed by atoms with E-state index in [1.807, 2.05) is 7.05 Å². The van der Waals surface area contributed by atoms with Crippen LogP contribution >= 0.6 is 0 Å². The van der Waals surface area contributed by atoms with E-state index in [1.54, 1.807) is 14.2 Å². The maximum atomic E-state index is 5.13. The molecule has 0 rings (SSSR count). The number of hydrogen-bond donors (Lipinski definition) is 1. The molecule has 0 bridgehead atoms. The summed E-state index contributed by atoms with van der Waals surface area (Å²) in [5.41, 5.74) is 0. The van der Waals surface area contributed by atoms with Gasteiger partial charge < -0.3 is 14.8 Å². The summed E-state index contributed by atoms with van der Waals surface area (Å²) in [6, 6.07) is 0.522. The Balaban J connectivity index is 4.04. The third-order valence-corrected chi connectivity index (χ3v) is 2.85. The molecule has 0 spiro atoms. The number of likely N-dealkylation sites (N-methyl/N-ethyl adjacent to an activating group) is 1. The molecule has 0 heterocycles. The minimum Gasteiger partial charge on any atom is -0.383 e. The van der Waals surface area contributed by atoms with Gasteiger partial charge in [-0.25, -0.2) is 0 Å². The maximum absolute atomic E-state index is 5.13. The smallest absolute Gasteiger partial charge is 0.0589 e. The van der Waals surface area contributed by atoms with Gasteiger partial charge in [0.2, 0.25) is 0 Å². The number of nitrogens with zero attached hydrogens (tertiary/aromatic N) is 1. The van der Waals surface area contributed by atoms with Gasteiger partial charge in [0.25, 0.3) is 0 Å². The highest BCUT2D eigenvalue weighted by atomic mass is 16.5. The highest BCUT2D eigenvalue weighted by Crippen LogP contribution is 2.03. The molecule has 0 aromatic rings. The third-order valence-electron chi connectivity index (χ3n) is 2.85. The van der Waals surface area contributed by atoms with Crippen molar-refractivity contribution in [2.24, 2.45) is 5.92 Å². The first-order valence-corrected chi connectivity index (χ1v) is 6.03. The van der Waals surface area contributed by atoms with E-state index in [1.165, 1.54) is 0 Å². The summed E-state index contributed by atoms with van der Waals surface area (Å²) in [6.07, 6.45) is 0. The molecule has 0 saturated heterocycles. The minimum absolute atomic E-state index is 0.522. The van der Waals surface area contributed by atoms with Crippen LogP contribution in [0.4, 0.5) is 0 Å². The zero-order valence-corrected chi connectivity index (χ0v) is 11.5. The van der Waals surface area contributed by atoms with Crippen molar-refractivity contribution in [3.8, 4) is 0 Å². The molecule has 16 heavy (non-hydrogen) atoms. The summed E-state index contributed by atoms with van der Waals surface area (Å²) in [6.45, 7) is 9.00. The second-order valence-corrected chi connectivity index (χ2v) is 4.43. The Labute approximate surface area is 100 Å². The molecule has 0 aliphatic rings. The Morgan fingerprint density at radius 3 is 1.88 bits per heavy atom. The van der Waals surface area contributed by atoms with Crippen molar-refractivity contribution < 1.29 is 9.47 Å². The van der Waals surface area contributed by atoms with Crippen LogP contribution in [0.3, 0.4) is 0 Å². The third kappa shape index (κ3) is 7.17. The van der Waals surface area contributed by atoms with E-state index in [2.05, 4.69) is 24.1 Å². The summed E-state index contributed by atoms with van der Waals surface area (Å²) in [7, 11) is 5.51. The first-order valence-electron chi connectivity index (χ1n) is 6.03. The Hall–Kier alpha value is -0.160. The van der Waals surface area contributed by atoms with Gasteiger partial charge in [0, 0.05) is 39.9 Å². The van der Waals surface area contributed by atoms with Crippen molar-refractivity contribution in [3.63, 3.8) is 0 Å². The van der Waals surface area contributed by atoms with E-state index in [4.69, 9.17) is 9.47 Å². The molecule has 0 saturated carbocycles. The highest BCUT2D eigenvalue weighted by molar-refractivity contribution is 4.73. The van der Waals surface area contributed by atoms with Crippen molar-refractivity contribution in [3.05, 3.63) is 0 Å². The predicted molar refractivity (Wildman–Crippen MR) is 67.9 cm³/mol. The average molecular weight is 232 g/mol. The molecule has 1 unspecified atom stereocenters. The van der Waals surface area contributed by atoms with Crippen LogP contribution in [0.5, 0.6) is 0 Å². The molecule has 0 amide bonds. The highest BCUT2D eigenvalue weighted by Gasteiger charge is 2.15. The molecular formula is C12H28N2O2. The molecule has 0 aromatic carbocycles. The lowest BCUT2D eigenvalue weighted by molar-refractivity contribution is 0.104. The second kappa shape index (κ2) is 10.0. The quantitative estimate of drug-likeness (QED) is 0.605. The Bertz CT molecular complexity index is 146. The van der Waals surface area contributed by atoms with E-state index in [-0.39, 0.29) is 0 Å². The zero-order valence-electron chi connectivity index (χ0n) is 11.5. The molecule has 98 valence electrons. The van der Waals surface area contributed by atoms with Crippen molar-refractivity contribution in [2.75, 3.05) is 54.1 Å². The van der Waals surface area contributed by atoms with Gasteiger partial charge in [0.15, 0.2) is 0 Å². The van der Waals surface area contributed by atoms with Crippen LogP contribution in [0.1, 0.15) is 13.8 Å². The van der Waals surface area contributed by atoms with Gasteiger partial charge in [-0.2, -0.15) is 0 Å². The average Bonchev–Trinajstić information content (AvgIpc) is 2.27. The van der Waals surface area contributed by atoms with E-state index < -0.39 is 0 Å². The van der Waals surface area contributed by atoms with Gasteiger partial charge in [-0.15, -0.1) is 0 Å². The summed E-state index contributed by atoms with van der Waals surface area (Å²) in [5.74, 6) is 0.637. The fourth-order valence-corrected chi connectivity index (χ4v) is 1.65. The molecule has 1 N–H and O–H groups in total. The molecular weight excluding hydrogens is 204 g/mol. The summed E-state index contributed by atoms with van der Waals surface area (Å²) in [5, 5.41) is 3.36. The molecule has 4 heteroatoms. The maximum Gasteiger partial charge on any atom is 0.0589 e. The monoisotopic (exact) mass is 232 g/mol. The van der Waals surface area contributed by atoms with Gasteiger partial charge in [0.1, 0.15) is 0 Å².